The summed E-state index contributed by atoms with van der Waals surface area (Å²) in [4.78, 5) is 38.0. The van der Waals surface area contributed by atoms with Gasteiger partial charge in [-0.2, -0.15) is 0 Å². The molecule has 0 radical (unpaired) electrons. The number of allylic oxidation sites excluding steroid dienone is 22. The highest BCUT2D eigenvalue weighted by atomic mass is 16.6. The van der Waals surface area contributed by atoms with Gasteiger partial charge >= 0.3 is 17.9 Å². The lowest BCUT2D eigenvalue weighted by molar-refractivity contribution is -0.167. The van der Waals surface area contributed by atoms with Gasteiger partial charge in [-0.05, 0) is 116 Å². The lowest BCUT2D eigenvalue weighted by atomic mass is 10.1. The van der Waals surface area contributed by atoms with Crippen LogP contribution in [-0.4, -0.2) is 37.2 Å². The van der Waals surface area contributed by atoms with Gasteiger partial charge in [0.05, 0.1) is 0 Å². The predicted molar refractivity (Wildman–Crippen MR) is 288 cm³/mol. The quantitative estimate of drug-likeness (QED) is 0.0199. The maximum atomic E-state index is 12.8. The fraction of sp³-hybridized carbons (Fsp3) is 0.590. The Labute approximate surface area is 411 Å². The van der Waals surface area contributed by atoms with Gasteiger partial charge in [-0.15, -0.1) is 0 Å². The number of hydrogen-bond acceptors (Lipinski definition) is 6. The third kappa shape index (κ3) is 52.4. The van der Waals surface area contributed by atoms with Gasteiger partial charge in [0.2, 0.25) is 0 Å². The molecule has 0 N–H and O–H groups in total. The molecule has 67 heavy (non-hydrogen) atoms. The number of esters is 3. The Bertz CT molecular complexity index is 1480. The van der Waals surface area contributed by atoms with Gasteiger partial charge < -0.3 is 14.2 Å². The number of carbonyl (C=O) groups is 3. The van der Waals surface area contributed by atoms with Crippen LogP contribution in [0.1, 0.15) is 213 Å². The van der Waals surface area contributed by atoms with E-state index in [9.17, 15) is 14.4 Å². The number of carbonyl (C=O) groups excluding carboxylic acids is 3. The van der Waals surface area contributed by atoms with E-state index in [1.54, 1.807) is 0 Å². The Morgan fingerprint density at radius 2 is 0.672 bits per heavy atom. The molecule has 0 rings (SSSR count). The van der Waals surface area contributed by atoms with E-state index in [0.717, 1.165) is 128 Å². The second-order valence-electron chi connectivity index (χ2n) is 17.1. The fourth-order valence-corrected chi connectivity index (χ4v) is 6.72. The van der Waals surface area contributed by atoms with Crippen LogP contribution in [0.4, 0.5) is 0 Å². The molecule has 376 valence electrons. The number of rotatable bonds is 46. The molecule has 0 amide bonds. The third-order valence-corrected chi connectivity index (χ3v) is 10.7. The molecule has 1 atom stereocenters. The molecule has 0 aromatic rings. The first-order chi connectivity index (χ1) is 33.0. The van der Waals surface area contributed by atoms with Crippen molar-refractivity contribution >= 4 is 17.9 Å². The molecule has 6 nitrogen and oxygen atoms in total. The molecule has 0 aromatic heterocycles. The van der Waals surface area contributed by atoms with Crippen LogP contribution in [-0.2, 0) is 28.6 Å². The molecule has 0 aliphatic heterocycles. The number of unbranched alkanes of at least 4 members (excludes halogenated alkanes) is 15. The first-order valence-electron chi connectivity index (χ1n) is 26.7. The second kappa shape index (κ2) is 54.2. The highest BCUT2D eigenvalue weighted by molar-refractivity contribution is 5.71. The molecular weight excluding hydrogens is 829 g/mol. The lowest BCUT2D eigenvalue weighted by Crippen LogP contribution is -2.30. The highest BCUT2D eigenvalue weighted by Gasteiger charge is 2.19. The molecule has 0 saturated carbocycles. The smallest absolute Gasteiger partial charge is 0.306 e. The van der Waals surface area contributed by atoms with Crippen LogP contribution >= 0.6 is 0 Å². The minimum atomic E-state index is -0.826. The molecule has 0 heterocycles. The molecule has 0 bridgehead atoms. The van der Waals surface area contributed by atoms with Gasteiger partial charge in [0.15, 0.2) is 6.10 Å². The maximum Gasteiger partial charge on any atom is 0.306 e. The topological polar surface area (TPSA) is 78.9 Å². The summed E-state index contributed by atoms with van der Waals surface area (Å²) in [6.45, 7) is 6.27. The normalized spacial score (nSPS) is 13.2. The Hall–Kier alpha value is -4.45. The summed E-state index contributed by atoms with van der Waals surface area (Å²) in [5.41, 5.74) is 0. The van der Waals surface area contributed by atoms with Crippen LogP contribution in [0.3, 0.4) is 0 Å². The van der Waals surface area contributed by atoms with Crippen LogP contribution < -0.4 is 0 Å². The Morgan fingerprint density at radius 1 is 0.328 bits per heavy atom. The van der Waals surface area contributed by atoms with Crippen LogP contribution in [0, 0.1) is 0 Å². The van der Waals surface area contributed by atoms with E-state index in [1.165, 1.54) is 38.5 Å². The van der Waals surface area contributed by atoms with Crippen molar-refractivity contribution in [3.8, 4) is 0 Å². The monoisotopic (exact) mass is 925 g/mol. The third-order valence-electron chi connectivity index (χ3n) is 10.7. The Kier molecular flexibility index (Phi) is 50.6. The number of ether oxygens (including phenoxy) is 3. The average molecular weight is 925 g/mol. The van der Waals surface area contributed by atoms with Crippen molar-refractivity contribution in [2.45, 2.75) is 219 Å². The van der Waals surface area contributed by atoms with E-state index in [1.807, 2.05) is 6.08 Å². The van der Waals surface area contributed by atoms with Crippen molar-refractivity contribution in [2.24, 2.45) is 0 Å². The zero-order chi connectivity index (χ0) is 48.6. The fourth-order valence-electron chi connectivity index (χ4n) is 6.72. The number of hydrogen-bond donors (Lipinski definition) is 0. The highest BCUT2D eigenvalue weighted by Crippen LogP contribution is 2.12. The summed E-state index contributed by atoms with van der Waals surface area (Å²) >= 11 is 0. The van der Waals surface area contributed by atoms with E-state index in [0.29, 0.717) is 19.3 Å². The first-order valence-corrected chi connectivity index (χ1v) is 26.7. The van der Waals surface area contributed by atoms with Crippen LogP contribution in [0.5, 0.6) is 0 Å². The molecule has 0 fully saturated rings. The SMILES string of the molecule is CC/C=C/C=C/C=C/CCCCCCCC(=O)OCC(COC(=O)CCCCCCCC/C=C/C/C=C/C/C=C/C/C=C/CC)OC(=O)CCC/C=C/C/C=C/C/C=C/C/C=C/CCCCC. The molecule has 0 spiro atoms. The van der Waals surface area contributed by atoms with E-state index in [2.05, 4.69) is 148 Å². The maximum absolute atomic E-state index is 12.8. The molecule has 0 aliphatic carbocycles. The largest absolute Gasteiger partial charge is 0.462 e. The van der Waals surface area contributed by atoms with Crippen molar-refractivity contribution in [1.82, 2.24) is 0 Å². The zero-order valence-corrected chi connectivity index (χ0v) is 42.9. The standard InChI is InChI=1S/C61H96O6/c1-4-7-10-13-16-19-22-25-27-29-30-32-33-36-39-42-45-48-51-54-60(63)66-57-58(56-65-59(62)53-50-47-44-41-38-35-24-21-18-15-12-9-6-3)67-61(64)55-52-49-46-43-40-37-34-31-28-26-23-20-17-14-11-8-5-2/h7,9-10,12,15-21,24-28,30,32,34,37,43,46,58H,4-6,8,11,13-14,22-23,29,31,33,35-36,38-42,44-45,47-57H2,1-3H3/b10-7+,12-9+,18-15+,19-16+,20-17+,24-21+,27-25+,28-26+,32-30+,37-34+,46-43+. The summed E-state index contributed by atoms with van der Waals surface area (Å²) in [6.07, 6.45) is 75.8. The van der Waals surface area contributed by atoms with E-state index in [4.69, 9.17) is 14.2 Å². The molecule has 0 aliphatic rings. The average Bonchev–Trinajstić information content (AvgIpc) is 3.33. The van der Waals surface area contributed by atoms with Crippen molar-refractivity contribution in [1.29, 1.82) is 0 Å². The second-order valence-corrected chi connectivity index (χ2v) is 17.1. The molecule has 0 saturated heterocycles. The molecule has 1 unspecified atom stereocenters. The summed E-state index contributed by atoms with van der Waals surface area (Å²) in [5.74, 6) is -1.02. The van der Waals surface area contributed by atoms with E-state index >= 15 is 0 Å². The van der Waals surface area contributed by atoms with E-state index < -0.39 is 6.10 Å². The summed E-state index contributed by atoms with van der Waals surface area (Å²) in [5, 5.41) is 0. The van der Waals surface area contributed by atoms with Crippen molar-refractivity contribution in [2.75, 3.05) is 13.2 Å². The zero-order valence-electron chi connectivity index (χ0n) is 42.9. The van der Waals surface area contributed by atoms with Crippen molar-refractivity contribution < 1.29 is 28.6 Å². The van der Waals surface area contributed by atoms with Crippen LogP contribution in [0.2, 0.25) is 0 Å². The minimum absolute atomic E-state index is 0.119. The van der Waals surface area contributed by atoms with E-state index in [-0.39, 0.29) is 37.5 Å². The predicted octanol–water partition coefficient (Wildman–Crippen LogP) is 17.9. The van der Waals surface area contributed by atoms with Gasteiger partial charge in [0, 0.05) is 19.3 Å². The van der Waals surface area contributed by atoms with Crippen LogP contribution in [0.15, 0.2) is 134 Å². The molecule has 6 heteroatoms. The summed E-state index contributed by atoms with van der Waals surface area (Å²) in [6, 6.07) is 0. The first kappa shape index (κ1) is 62.5. The van der Waals surface area contributed by atoms with Gasteiger partial charge in [0.25, 0.3) is 0 Å². The summed E-state index contributed by atoms with van der Waals surface area (Å²) < 4.78 is 16.7. The van der Waals surface area contributed by atoms with Gasteiger partial charge in [0.1, 0.15) is 13.2 Å². The van der Waals surface area contributed by atoms with Gasteiger partial charge in [-0.1, -0.05) is 212 Å². The molecule has 0 aromatic carbocycles. The lowest BCUT2D eigenvalue weighted by Gasteiger charge is -2.18. The van der Waals surface area contributed by atoms with Crippen LogP contribution in [0.25, 0.3) is 0 Å². The van der Waals surface area contributed by atoms with Crippen molar-refractivity contribution in [3.63, 3.8) is 0 Å². The minimum Gasteiger partial charge on any atom is -0.462 e. The summed E-state index contributed by atoms with van der Waals surface area (Å²) in [7, 11) is 0. The Balaban J connectivity index is 4.54. The molecular formula is C61H96O6. The van der Waals surface area contributed by atoms with Gasteiger partial charge in [-0.3, -0.25) is 14.4 Å². The van der Waals surface area contributed by atoms with Crippen molar-refractivity contribution in [3.05, 3.63) is 134 Å². The Morgan fingerprint density at radius 3 is 1.12 bits per heavy atom. The van der Waals surface area contributed by atoms with Gasteiger partial charge in [-0.25, -0.2) is 0 Å².